The predicted molar refractivity (Wildman–Crippen MR) is 127 cm³/mol. The molecule has 0 aliphatic heterocycles. The lowest BCUT2D eigenvalue weighted by molar-refractivity contribution is 0.0951. The number of rotatable bonds is 7. The number of carbonyl (C=O) groups excluding carboxylic acids is 1. The maximum absolute atomic E-state index is 12.7. The van der Waals surface area contributed by atoms with Crippen molar-refractivity contribution in [3.8, 4) is 11.1 Å². The lowest BCUT2D eigenvalue weighted by Crippen LogP contribution is -2.24. The molecule has 2 N–H and O–H groups in total. The summed E-state index contributed by atoms with van der Waals surface area (Å²) in [6.07, 6.45) is 0. The van der Waals surface area contributed by atoms with Gasteiger partial charge in [0.15, 0.2) is 0 Å². The number of carbonyl (C=O) groups is 1. The van der Waals surface area contributed by atoms with Crippen molar-refractivity contribution in [1.82, 2.24) is 5.32 Å². The lowest BCUT2D eigenvalue weighted by atomic mass is 10.0. The second kappa shape index (κ2) is 9.49. The maximum atomic E-state index is 12.7. The van der Waals surface area contributed by atoms with E-state index in [-0.39, 0.29) is 17.3 Å². The number of amides is 1. The number of anilines is 1. The van der Waals surface area contributed by atoms with Crippen molar-refractivity contribution in [3.63, 3.8) is 0 Å². The molecule has 160 valence electrons. The monoisotopic (exact) mass is 442 g/mol. The molecule has 0 saturated heterocycles. The molecule has 0 bridgehead atoms. The summed E-state index contributed by atoms with van der Waals surface area (Å²) >= 11 is 0. The van der Waals surface area contributed by atoms with E-state index in [1.165, 1.54) is 12.1 Å². The van der Waals surface area contributed by atoms with Crippen molar-refractivity contribution in [3.05, 3.63) is 120 Å². The number of nitrogens with one attached hydrogen (secondary N) is 2. The van der Waals surface area contributed by atoms with Crippen molar-refractivity contribution >= 4 is 21.6 Å². The van der Waals surface area contributed by atoms with E-state index in [4.69, 9.17) is 0 Å². The fraction of sp³-hybridized carbons (Fsp3) is 0.0385. The summed E-state index contributed by atoms with van der Waals surface area (Å²) in [7, 11) is -3.72. The van der Waals surface area contributed by atoms with Gasteiger partial charge in [0, 0.05) is 12.1 Å². The van der Waals surface area contributed by atoms with E-state index in [2.05, 4.69) is 10.0 Å². The summed E-state index contributed by atoms with van der Waals surface area (Å²) in [4.78, 5) is 12.8. The molecule has 0 aromatic heterocycles. The van der Waals surface area contributed by atoms with E-state index in [9.17, 15) is 13.2 Å². The van der Waals surface area contributed by atoms with E-state index in [0.29, 0.717) is 16.8 Å². The Morgan fingerprint density at radius 2 is 1.22 bits per heavy atom. The molecule has 5 nitrogen and oxygen atoms in total. The predicted octanol–water partition coefficient (Wildman–Crippen LogP) is 5.08. The third-order valence-corrected chi connectivity index (χ3v) is 6.39. The van der Waals surface area contributed by atoms with Crippen LogP contribution in [0.3, 0.4) is 0 Å². The highest BCUT2D eigenvalue weighted by Gasteiger charge is 2.16. The van der Waals surface area contributed by atoms with E-state index in [0.717, 1.165) is 11.1 Å². The Balaban J connectivity index is 1.45. The summed E-state index contributed by atoms with van der Waals surface area (Å²) < 4.78 is 27.9. The van der Waals surface area contributed by atoms with Crippen LogP contribution in [0.5, 0.6) is 0 Å². The normalized spacial score (nSPS) is 11.0. The molecule has 0 aliphatic carbocycles. The van der Waals surface area contributed by atoms with Crippen LogP contribution in [0, 0.1) is 0 Å². The average molecular weight is 443 g/mol. The Labute approximate surface area is 187 Å². The Morgan fingerprint density at radius 3 is 1.91 bits per heavy atom. The summed E-state index contributed by atoms with van der Waals surface area (Å²) in [5, 5.41) is 2.87. The molecule has 32 heavy (non-hydrogen) atoms. The fourth-order valence-electron chi connectivity index (χ4n) is 3.30. The minimum atomic E-state index is -3.72. The van der Waals surface area contributed by atoms with Gasteiger partial charge >= 0.3 is 0 Å². The van der Waals surface area contributed by atoms with Crippen LogP contribution in [0.15, 0.2) is 114 Å². The molecule has 4 rings (SSSR count). The molecule has 4 aromatic rings. The molecule has 0 spiro atoms. The summed E-state index contributed by atoms with van der Waals surface area (Å²) in [5.41, 5.74) is 3.74. The van der Waals surface area contributed by atoms with Crippen molar-refractivity contribution < 1.29 is 13.2 Å². The van der Waals surface area contributed by atoms with E-state index >= 15 is 0 Å². The van der Waals surface area contributed by atoms with Crippen LogP contribution in [-0.4, -0.2) is 14.3 Å². The van der Waals surface area contributed by atoms with Gasteiger partial charge in [-0.15, -0.1) is 0 Å². The second-order valence-electron chi connectivity index (χ2n) is 7.20. The third-order valence-electron chi connectivity index (χ3n) is 5.01. The molecule has 0 atom stereocenters. The van der Waals surface area contributed by atoms with Crippen LogP contribution in [0.2, 0.25) is 0 Å². The first kappa shape index (κ1) is 21.3. The zero-order valence-corrected chi connectivity index (χ0v) is 18.0. The average Bonchev–Trinajstić information content (AvgIpc) is 2.84. The highest BCUT2D eigenvalue weighted by Crippen LogP contribution is 2.21. The number of benzene rings is 4. The molecule has 4 aromatic carbocycles. The smallest absolute Gasteiger partial charge is 0.261 e. The molecule has 0 heterocycles. The van der Waals surface area contributed by atoms with E-state index in [1.807, 2.05) is 42.5 Å². The van der Waals surface area contributed by atoms with Gasteiger partial charge < -0.3 is 5.32 Å². The Hall–Kier alpha value is -3.90. The highest BCUT2D eigenvalue weighted by molar-refractivity contribution is 7.92. The van der Waals surface area contributed by atoms with Crippen molar-refractivity contribution in [1.29, 1.82) is 0 Å². The summed E-state index contributed by atoms with van der Waals surface area (Å²) in [6, 6.07) is 32.5. The number of hydrogen-bond acceptors (Lipinski definition) is 3. The van der Waals surface area contributed by atoms with Crippen molar-refractivity contribution in [2.45, 2.75) is 11.4 Å². The van der Waals surface area contributed by atoms with E-state index < -0.39 is 10.0 Å². The molecule has 1 amide bonds. The third kappa shape index (κ3) is 5.04. The van der Waals surface area contributed by atoms with Crippen LogP contribution in [0.25, 0.3) is 11.1 Å². The molecule has 0 saturated carbocycles. The van der Waals surface area contributed by atoms with Crippen LogP contribution in [-0.2, 0) is 16.6 Å². The first-order valence-corrected chi connectivity index (χ1v) is 11.6. The van der Waals surface area contributed by atoms with E-state index in [1.54, 1.807) is 54.6 Å². The number of sulfonamides is 1. The minimum absolute atomic E-state index is 0.178. The van der Waals surface area contributed by atoms with Gasteiger partial charge in [-0.1, -0.05) is 78.9 Å². The standard InChI is InChI=1S/C26H22N2O3S/c29-26(22-17-15-21(16-18-22)20-9-3-1-4-10-20)27-19-23-11-7-8-14-25(23)28-32(30,31)24-12-5-2-6-13-24/h1-18,28H,19H2,(H,27,29). The van der Waals surface area contributed by atoms with Crippen molar-refractivity contribution in [2.24, 2.45) is 0 Å². The zero-order valence-electron chi connectivity index (χ0n) is 17.2. The van der Waals surface area contributed by atoms with Crippen LogP contribution in [0.1, 0.15) is 15.9 Å². The highest BCUT2D eigenvalue weighted by atomic mass is 32.2. The Kier molecular flexibility index (Phi) is 6.33. The second-order valence-corrected chi connectivity index (χ2v) is 8.88. The SMILES string of the molecule is O=C(NCc1ccccc1NS(=O)(=O)c1ccccc1)c1ccc(-c2ccccc2)cc1. The van der Waals surface area contributed by atoms with Gasteiger partial charge in [-0.05, 0) is 47.0 Å². The molecule has 6 heteroatoms. The molecule has 0 unspecified atom stereocenters. The first-order valence-electron chi connectivity index (χ1n) is 10.1. The molecular formula is C26H22N2O3S. The quantitative estimate of drug-likeness (QED) is 0.419. The summed E-state index contributed by atoms with van der Waals surface area (Å²) in [5.74, 6) is -0.231. The minimum Gasteiger partial charge on any atom is -0.348 e. The zero-order chi connectivity index (χ0) is 22.4. The molecule has 0 radical (unpaired) electrons. The number of hydrogen-bond donors (Lipinski definition) is 2. The topological polar surface area (TPSA) is 75.3 Å². The fourth-order valence-corrected chi connectivity index (χ4v) is 4.42. The largest absolute Gasteiger partial charge is 0.348 e. The van der Waals surface area contributed by atoms with Gasteiger partial charge in [0.1, 0.15) is 0 Å². The molecular weight excluding hydrogens is 420 g/mol. The van der Waals surface area contributed by atoms with Crippen LogP contribution >= 0.6 is 0 Å². The van der Waals surface area contributed by atoms with Gasteiger partial charge in [0.2, 0.25) is 0 Å². The van der Waals surface area contributed by atoms with Gasteiger partial charge in [0.05, 0.1) is 10.6 Å². The van der Waals surface area contributed by atoms with Crippen LogP contribution < -0.4 is 10.0 Å². The van der Waals surface area contributed by atoms with Gasteiger partial charge in [-0.25, -0.2) is 8.42 Å². The van der Waals surface area contributed by atoms with Crippen LogP contribution in [0.4, 0.5) is 5.69 Å². The van der Waals surface area contributed by atoms with Crippen molar-refractivity contribution in [2.75, 3.05) is 4.72 Å². The molecule has 0 aliphatic rings. The van der Waals surface area contributed by atoms with Gasteiger partial charge in [-0.2, -0.15) is 0 Å². The lowest BCUT2D eigenvalue weighted by Gasteiger charge is -2.13. The number of para-hydroxylation sites is 1. The van der Waals surface area contributed by atoms with Gasteiger partial charge in [-0.3, -0.25) is 9.52 Å². The first-order chi connectivity index (χ1) is 15.5. The van der Waals surface area contributed by atoms with Gasteiger partial charge in [0.25, 0.3) is 15.9 Å². The summed E-state index contributed by atoms with van der Waals surface area (Å²) in [6.45, 7) is 0.187. The Bertz CT molecular complexity index is 1300. The molecule has 0 fully saturated rings. The Morgan fingerprint density at radius 1 is 0.656 bits per heavy atom. The maximum Gasteiger partial charge on any atom is 0.261 e.